The number of phenols is 1. The van der Waals surface area contributed by atoms with Crippen molar-refractivity contribution in [1.29, 1.82) is 0 Å². The summed E-state index contributed by atoms with van der Waals surface area (Å²) >= 11 is 1.19. The van der Waals surface area contributed by atoms with Gasteiger partial charge in [0.25, 0.3) is 5.56 Å². The number of fused-ring (bicyclic) bond motifs is 1. The quantitative estimate of drug-likeness (QED) is 0.331. The average Bonchev–Trinajstić information content (AvgIpc) is 3.21. The Morgan fingerprint density at radius 2 is 1.84 bits per heavy atom. The van der Waals surface area contributed by atoms with E-state index in [2.05, 4.69) is 11.6 Å². The van der Waals surface area contributed by atoms with E-state index >= 15 is 0 Å². The number of ether oxygens (including phenoxy) is 4. The van der Waals surface area contributed by atoms with Crippen LogP contribution >= 0.6 is 11.3 Å². The zero-order valence-electron chi connectivity index (χ0n) is 21.5. The molecule has 0 spiro atoms. The molecule has 1 aliphatic rings. The maximum absolute atomic E-state index is 13.8. The zero-order valence-corrected chi connectivity index (χ0v) is 22.3. The van der Waals surface area contributed by atoms with Crippen molar-refractivity contribution < 1.29 is 28.8 Å². The van der Waals surface area contributed by atoms with Gasteiger partial charge in [-0.2, -0.15) is 0 Å². The van der Waals surface area contributed by atoms with Gasteiger partial charge in [-0.1, -0.05) is 36.1 Å². The Bertz CT molecular complexity index is 1560. The maximum atomic E-state index is 13.8. The molecule has 0 aliphatic carbocycles. The maximum Gasteiger partial charge on any atom is 0.338 e. The van der Waals surface area contributed by atoms with Crippen LogP contribution in [-0.2, 0) is 9.53 Å². The predicted molar refractivity (Wildman–Crippen MR) is 144 cm³/mol. The molecule has 0 saturated carbocycles. The van der Waals surface area contributed by atoms with Crippen molar-refractivity contribution >= 4 is 23.4 Å². The van der Waals surface area contributed by atoms with Gasteiger partial charge in [-0.05, 0) is 55.3 Å². The number of benzene rings is 2. The fourth-order valence-corrected chi connectivity index (χ4v) is 5.20. The van der Waals surface area contributed by atoms with Gasteiger partial charge < -0.3 is 24.1 Å². The molecule has 2 heterocycles. The second-order valence-corrected chi connectivity index (χ2v) is 9.25. The molecular formula is C28H28N2O7S. The first-order valence-electron chi connectivity index (χ1n) is 11.8. The predicted octanol–water partition coefficient (Wildman–Crippen LogP) is 3.09. The monoisotopic (exact) mass is 536 g/mol. The van der Waals surface area contributed by atoms with Crippen LogP contribution in [0.2, 0.25) is 0 Å². The second-order valence-electron chi connectivity index (χ2n) is 8.25. The SMILES string of the molecule is C=CCOc1ccc([C@@H]2C(C(=O)OCC)=C(C)N=c3s/c(=C/c4cc(OC)c(O)c(OC)c4)c(=O)n32)cc1. The van der Waals surface area contributed by atoms with E-state index < -0.39 is 12.0 Å². The average molecular weight is 537 g/mol. The van der Waals surface area contributed by atoms with Crippen molar-refractivity contribution in [2.45, 2.75) is 19.9 Å². The lowest BCUT2D eigenvalue weighted by atomic mass is 9.96. The minimum atomic E-state index is -0.746. The first kappa shape index (κ1) is 26.7. The van der Waals surface area contributed by atoms with E-state index in [1.807, 2.05) is 12.1 Å². The van der Waals surface area contributed by atoms with E-state index in [1.165, 1.54) is 30.1 Å². The Morgan fingerprint density at radius 3 is 2.42 bits per heavy atom. The Morgan fingerprint density at radius 1 is 1.18 bits per heavy atom. The first-order valence-corrected chi connectivity index (χ1v) is 12.6. The molecule has 198 valence electrons. The number of thiazole rings is 1. The molecule has 9 nitrogen and oxygen atoms in total. The molecule has 0 fully saturated rings. The van der Waals surface area contributed by atoms with Gasteiger partial charge in [0.05, 0.1) is 42.7 Å². The van der Waals surface area contributed by atoms with E-state index in [1.54, 1.807) is 50.3 Å². The largest absolute Gasteiger partial charge is 0.502 e. The summed E-state index contributed by atoms with van der Waals surface area (Å²) < 4.78 is 23.3. The lowest BCUT2D eigenvalue weighted by Gasteiger charge is -2.24. The molecular weight excluding hydrogens is 508 g/mol. The number of aromatic hydroxyl groups is 1. The normalized spacial score (nSPS) is 14.9. The highest BCUT2D eigenvalue weighted by atomic mass is 32.1. The minimum Gasteiger partial charge on any atom is -0.502 e. The summed E-state index contributed by atoms with van der Waals surface area (Å²) in [6.45, 7) is 7.65. The number of nitrogens with zero attached hydrogens (tertiary/aromatic N) is 2. The van der Waals surface area contributed by atoms with Crippen molar-refractivity contribution in [3.8, 4) is 23.0 Å². The summed E-state index contributed by atoms with van der Waals surface area (Å²) in [6.07, 6.45) is 3.32. The summed E-state index contributed by atoms with van der Waals surface area (Å²) in [6, 6.07) is 9.64. The van der Waals surface area contributed by atoms with Gasteiger partial charge in [0.1, 0.15) is 12.4 Å². The number of carbonyl (C=O) groups is 1. The molecule has 0 amide bonds. The fourth-order valence-electron chi connectivity index (χ4n) is 4.16. The third-order valence-electron chi connectivity index (χ3n) is 5.88. The third-order valence-corrected chi connectivity index (χ3v) is 6.86. The van der Waals surface area contributed by atoms with E-state index in [-0.39, 0.29) is 29.4 Å². The molecule has 0 saturated heterocycles. The number of hydrogen-bond donors (Lipinski definition) is 1. The number of rotatable bonds is 9. The Kier molecular flexibility index (Phi) is 8.02. The molecule has 1 atom stereocenters. The van der Waals surface area contributed by atoms with Gasteiger partial charge in [-0.25, -0.2) is 9.79 Å². The van der Waals surface area contributed by atoms with Crippen molar-refractivity contribution in [1.82, 2.24) is 4.57 Å². The van der Waals surface area contributed by atoms with Crippen LogP contribution in [0.4, 0.5) is 0 Å². The summed E-state index contributed by atoms with van der Waals surface area (Å²) in [5.41, 5.74) is 1.73. The molecule has 1 N–H and O–H groups in total. The van der Waals surface area contributed by atoms with Crippen molar-refractivity contribution in [3.05, 3.63) is 91.1 Å². The van der Waals surface area contributed by atoms with Gasteiger partial charge >= 0.3 is 5.97 Å². The van der Waals surface area contributed by atoms with Crippen LogP contribution in [0.25, 0.3) is 6.08 Å². The number of allylic oxidation sites excluding steroid dienone is 1. The van der Waals surface area contributed by atoms with Gasteiger partial charge in [0, 0.05) is 0 Å². The van der Waals surface area contributed by atoms with E-state index in [0.29, 0.717) is 44.1 Å². The lowest BCUT2D eigenvalue weighted by Crippen LogP contribution is -2.39. The van der Waals surface area contributed by atoms with Crippen LogP contribution in [0, 0.1) is 0 Å². The highest BCUT2D eigenvalue weighted by molar-refractivity contribution is 7.07. The Balaban J connectivity index is 1.90. The zero-order chi connectivity index (χ0) is 27.4. The minimum absolute atomic E-state index is 0.135. The molecule has 1 aromatic heterocycles. The topological polar surface area (TPSA) is 109 Å². The number of carbonyl (C=O) groups excluding carboxylic acids is 1. The van der Waals surface area contributed by atoms with Gasteiger partial charge in [0.2, 0.25) is 5.75 Å². The smallest absolute Gasteiger partial charge is 0.338 e. The third kappa shape index (κ3) is 5.08. The Labute approximate surface area is 223 Å². The van der Waals surface area contributed by atoms with E-state index in [4.69, 9.17) is 18.9 Å². The number of aromatic nitrogens is 1. The van der Waals surface area contributed by atoms with Crippen LogP contribution in [0.3, 0.4) is 0 Å². The van der Waals surface area contributed by atoms with Gasteiger partial charge in [-0.3, -0.25) is 9.36 Å². The van der Waals surface area contributed by atoms with Crippen LogP contribution in [0.1, 0.15) is 31.0 Å². The van der Waals surface area contributed by atoms with Crippen LogP contribution < -0.4 is 29.1 Å². The molecule has 3 aromatic rings. The molecule has 1 aliphatic heterocycles. The highest BCUT2D eigenvalue weighted by Crippen LogP contribution is 2.37. The van der Waals surface area contributed by atoms with Gasteiger partial charge in [0.15, 0.2) is 16.3 Å². The standard InChI is InChI=1S/C28H28N2O7S/c1-6-12-37-19-10-8-18(9-11-19)24-23(27(33)36-7-2)16(3)29-28-30(24)26(32)22(38-28)15-17-13-20(34-4)25(31)21(14-17)35-5/h6,8-11,13-15,24,31H,1,7,12H2,2-5H3/b22-15+/t24-/m1/s1. The fraction of sp³-hybridized carbons (Fsp3) is 0.250. The van der Waals surface area contributed by atoms with Crippen LogP contribution in [0.15, 0.2) is 70.1 Å². The number of hydrogen-bond acceptors (Lipinski definition) is 9. The van der Waals surface area contributed by atoms with Crippen LogP contribution in [-0.4, -0.2) is 43.1 Å². The van der Waals surface area contributed by atoms with Crippen LogP contribution in [0.5, 0.6) is 23.0 Å². The van der Waals surface area contributed by atoms with Gasteiger partial charge in [-0.15, -0.1) is 0 Å². The summed E-state index contributed by atoms with van der Waals surface area (Å²) in [5, 5.41) is 10.2. The highest BCUT2D eigenvalue weighted by Gasteiger charge is 2.33. The lowest BCUT2D eigenvalue weighted by molar-refractivity contribution is -0.139. The molecule has 2 aromatic carbocycles. The number of esters is 1. The molecule has 10 heteroatoms. The Hall–Kier alpha value is -4.31. The summed E-state index contributed by atoms with van der Waals surface area (Å²) in [7, 11) is 2.86. The molecule has 38 heavy (non-hydrogen) atoms. The van der Waals surface area contributed by atoms with E-state index in [9.17, 15) is 14.7 Å². The van der Waals surface area contributed by atoms with E-state index in [0.717, 1.165) is 0 Å². The van der Waals surface area contributed by atoms with Crippen molar-refractivity contribution in [2.24, 2.45) is 4.99 Å². The molecule has 0 radical (unpaired) electrons. The second kappa shape index (κ2) is 11.4. The van der Waals surface area contributed by atoms with Crippen molar-refractivity contribution in [3.63, 3.8) is 0 Å². The van der Waals surface area contributed by atoms with Crippen molar-refractivity contribution in [2.75, 3.05) is 27.4 Å². The number of phenolic OH excluding ortho intramolecular Hbond substituents is 1. The molecule has 4 rings (SSSR count). The molecule has 0 bridgehead atoms. The number of methoxy groups -OCH3 is 2. The summed E-state index contributed by atoms with van der Waals surface area (Å²) in [5.74, 6) is 0.382. The summed E-state index contributed by atoms with van der Waals surface area (Å²) in [4.78, 5) is 31.9. The molecule has 0 unspecified atom stereocenters. The first-order chi connectivity index (χ1) is 18.3.